The lowest BCUT2D eigenvalue weighted by molar-refractivity contribution is 0.0994. The van der Waals surface area contributed by atoms with Crippen LogP contribution in [0.2, 0.25) is 0 Å². The largest absolute Gasteiger partial charge is 0.319 e. The predicted molar refractivity (Wildman–Crippen MR) is 107 cm³/mol. The summed E-state index contributed by atoms with van der Waals surface area (Å²) in [6, 6.07) is 23.6. The molecule has 0 saturated heterocycles. The van der Waals surface area contributed by atoms with Gasteiger partial charge in [0.05, 0.1) is 10.2 Å². The molecule has 4 aromatic rings. The van der Waals surface area contributed by atoms with Crippen LogP contribution in [0.3, 0.4) is 0 Å². The van der Waals surface area contributed by atoms with Crippen LogP contribution in [0.25, 0.3) is 10.2 Å². The molecule has 132 valence electrons. The lowest BCUT2D eigenvalue weighted by Gasteiger charge is -2.02. The van der Waals surface area contributed by atoms with Gasteiger partial charge in [0, 0.05) is 23.7 Å². The summed E-state index contributed by atoms with van der Waals surface area (Å²) < 4.78 is 2.99. The molecule has 0 unspecified atom stereocenters. The fourth-order valence-electron chi connectivity index (χ4n) is 2.86. The standard InChI is InChI=1S/C22H16N2O2S/c1-24-18-9-5-6-10-19(18)27-22(24)23-21(26)17-13-11-16(12-14-17)20(25)15-7-3-2-4-8-15/h2-14H,1H3. The minimum absolute atomic E-state index is 0.0672. The van der Waals surface area contributed by atoms with Crippen LogP contribution < -0.4 is 4.80 Å². The van der Waals surface area contributed by atoms with Crippen molar-refractivity contribution in [2.24, 2.45) is 12.0 Å². The van der Waals surface area contributed by atoms with Crippen LogP contribution >= 0.6 is 11.3 Å². The van der Waals surface area contributed by atoms with Gasteiger partial charge in [-0.2, -0.15) is 4.99 Å². The van der Waals surface area contributed by atoms with E-state index >= 15 is 0 Å². The summed E-state index contributed by atoms with van der Waals surface area (Å²) in [5, 5.41) is 0. The van der Waals surface area contributed by atoms with Crippen molar-refractivity contribution in [1.82, 2.24) is 4.57 Å². The predicted octanol–water partition coefficient (Wildman–Crippen LogP) is 4.21. The first-order valence-corrected chi connectivity index (χ1v) is 9.28. The molecule has 0 fully saturated rings. The molecule has 0 bridgehead atoms. The summed E-state index contributed by atoms with van der Waals surface area (Å²) >= 11 is 1.47. The number of carbonyl (C=O) groups is 2. The topological polar surface area (TPSA) is 51.4 Å². The first-order chi connectivity index (χ1) is 13.1. The molecule has 1 amide bonds. The van der Waals surface area contributed by atoms with Gasteiger partial charge in [-0.1, -0.05) is 65.9 Å². The molecule has 0 N–H and O–H groups in total. The number of hydrogen-bond donors (Lipinski definition) is 0. The number of benzene rings is 3. The Bertz CT molecular complexity index is 1200. The lowest BCUT2D eigenvalue weighted by atomic mass is 10.0. The minimum atomic E-state index is -0.323. The summed E-state index contributed by atoms with van der Waals surface area (Å²) in [5.74, 6) is -0.390. The van der Waals surface area contributed by atoms with Crippen molar-refractivity contribution in [2.45, 2.75) is 0 Å². The fourth-order valence-corrected chi connectivity index (χ4v) is 3.88. The quantitative estimate of drug-likeness (QED) is 0.506. The van der Waals surface area contributed by atoms with Gasteiger partial charge in [-0.3, -0.25) is 9.59 Å². The summed E-state index contributed by atoms with van der Waals surface area (Å²) in [5.41, 5.74) is 2.67. The van der Waals surface area contributed by atoms with E-state index in [1.807, 2.05) is 54.1 Å². The molecule has 0 aliphatic heterocycles. The van der Waals surface area contributed by atoms with Gasteiger partial charge in [-0.25, -0.2) is 0 Å². The van der Waals surface area contributed by atoms with E-state index in [1.54, 1.807) is 36.4 Å². The van der Waals surface area contributed by atoms with Gasteiger partial charge >= 0.3 is 0 Å². The monoisotopic (exact) mass is 372 g/mol. The Labute approximate surface area is 160 Å². The van der Waals surface area contributed by atoms with Gasteiger partial charge in [0.15, 0.2) is 10.6 Å². The fraction of sp³-hybridized carbons (Fsp3) is 0.0455. The summed E-state index contributed by atoms with van der Waals surface area (Å²) in [6.45, 7) is 0. The summed E-state index contributed by atoms with van der Waals surface area (Å²) in [6.07, 6.45) is 0. The Morgan fingerprint density at radius 3 is 2.07 bits per heavy atom. The number of carbonyl (C=O) groups excluding carboxylic acids is 2. The zero-order valence-corrected chi connectivity index (χ0v) is 15.4. The van der Waals surface area contributed by atoms with Crippen LogP contribution in [0.4, 0.5) is 0 Å². The molecule has 0 radical (unpaired) electrons. The van der Waals surface area contributed by atoms with Crippen molar-refractivity contribution in [3.05, 3.63) is 100 Å². The third-order valence-corrected chi connectivity index (χ3v) is 5.45. The molecule has 5 heteroatoms. The minimum Gasteiger partial charge on any atom is -0.319 e. The van der Waals surface area contributed by atoms with Gasteiger partial charge in [-0.15, -0.1) is 0 Å². The maximum absolute atomic E-state index is 12.5. The number of aryl methyl sites for hydroxylation is 1. The van der Waals surface area contributed by atoms with Crippen LogP contribution in [-0.2, 0) is 7.05 Å². The van der Waals surface area contributed by atoms with Crippen LogP contribution in [0.1, 0.15) is 26.3 Å². The Morgan fingerprint density at radius 1 is 0.778 bits per heavy atom. The number of aromatic nitrogens is 1. The number of hydrogen-bond acceptors (Lipinski definition) is 3. The van der Waals surface area contributed by atoms with E-state index in [-0.39, 0.29) is 11.7 Å². The zero-order valence-electron chi connectivity index (χ0n) is 14.6. The SMILES string of the molecule is Cn1c(=NC(=O)c2ccc(C(=O)c3ccccc3)cc2)sc2ccccc21. The van der Waals surface area contributed by atoms with Gasteiger partial charge in [0.25, 0.3) is 5.91 Å². The van der Waals surface area contributed by atoms with Crippen molar-refractivity contribution in [1.29, 1.82) is 0 Å². The molecule has 0 atom stereocenters. The number of ketones is 1. The number of amides is 1. The normalized spacial score (nSPS) is 11.7. The van der Waals surface area contributed by atoms with Gasteiger partial charge in [0.2, 0.25) is 0 Å². The number of rotatable bonds is 3. The average Bonchev–Trinajstić information content (AvgIpc) is 3.04. The zero-order chi connectivity index (χ0) is 18.8. The third kappa shape index (κ3) is 3.37. The van der Waals surface area contributed by atoms with Crippen molar-refractivity contribution >= 4 is 33.2 Å². The summed E-state index contributed by atoms with van der Waals surface area (Å²) in [7, 11) is 1.90. The van der Waals surface area contributed by atoms with Crippen LogP contribution in [0, 0.1) is 0 Å². The molecule has 1 heterocycles. The van der Waals surface area contributed by atoms with E-state index in [1.165, 1.54) is 11.3 Å². The van der Waals surface area contributed by atoms with Crippen molar-refractivity contribution in [3.63, 3.8) is 0 Å². The maximum Gasteiger partial charge on any atom is 0.279 e. The van der Waals surface area contributed by atoms with Gasteiger partial charge in [-0.05, 0) is 24.3 Å². The van der Waals surface area contributed by atoms with Crippen molar-refractivity contribution in [2.75, 3.05) is 0 Å². The van der Waals surface area contributed by atoms with Gasteiger partial charge < -0.3 is 4.57 Å². The highest BCUT2D eigenvalue weighted by molar-refractivity contribution is 7.16. The first kappa shape index (κ1) is 17.1. The molecular weight excluding hydrogens is 356 g/mol. The van der Waals surface area contributed by atoms with E-state index in [0.717, 1.165) is 10.2 Å². The maximum atomic E-state index is 12.5. The lowest BCUT2D eigenvalue weighted by Crippen LogP contribution is -2.13. The van der Waals surface area contributed by atoms with E-state index in [4.69, 9.17) is 0 Å². The molecule has 0 aliphatic carbocycles. The Kier molecular flexibility index (Phi) is 4.52. The van der Waals surface area contributed by atoms with Crippen LogP contribution in [-0.4, -0.2) is 16.3 Å². The molecule has 0 saturated carbocycles. The van der Waals surface area contributed by atoms with Crippen molar-refractivity contribution < 1.29 is 9.59 Å². The Morgan fingerprint density at radius 2 is 1.37 bits per heavy atom. The second-order valence-electron chi connectivity index (χ2n) is 6.10. The van der Waals surface area contributed by atoms with E-state index in [9.17, 15) is 9.59 Å². The van der Waals surface area contributed by atoms with E-state index < -0.39 is 0 Å². The molecule has 1 aromatic heterocycles. The van der Waals surface area contributed by atoms with E-state index in [0.29, 0.717) is 21.5 Å². The van der Waals surface area contributed by atoms with Crippen molar-refractivity contribution in [3.8, 4) is 0 Å². The molecular formula is C22H16N2O2S. The number of fused-ring (bicyclic) bond motifs is 1. The highest BCUT2D eigenvalue weighted by Gasteiger charge is 2.11. The summed E-state index contributed by atoms with van der Waals surface area (Å²) in [4.78, 5) is 29.9. The number of para-hydroxylation sites is 1. The Balaban J connectivity index is 1.63. The molecule has 3 aromatic carbocycles. The highest BCUT2D eigenvalue weighted by Crippen LogP contribution is 2.16. The number of nitrogens with zero attached hydrogens (tertiary/aromatic N) is 2. The van der Waals surface area contributed by atoms with E-state index in [2.05, 4.69) is 4.99 Å². The second-order valence-corrected chi connectivity index (χ2v) is 7.11. The number of thiazole rings is 1. The van der Waals surface area contributed by atoms with Crippen LogP contribution in [0.15, 0.2) is 83.9 Å². The molecule has 0 spiro atoms. The average molecular weight is 372 g/mol. The Hall–Kier alpha value is -3.31. The van der Waals surface area contributed by atoms with Gasteiger partial charge in [0.1, 0.15) is 0 Å². The van der Waals surface area contributed by atoms with Crippen LogP contribution in [0.5, 0.6) is 0 Å². The smallest absolute Gasteiger partial charge is 0.279 e. The molecule has 0 aliphatic rings. The molecule has 4 rings (SSSR count). The highest BCUT2D eigenvalue weighted by atomic mass is 32.1. The molecule has 4 nitrogen and oxygen atoms in total. The second kappa shape index (κ2) is 7.13. The first-order valence-electron chi connectivity index (χ1n) is 8.47. The third-order valence-electron chi connectivity index (χ3n) is 4.34. The molecule has 27 heavy (non-hydrogen) atoms.